The lowest BCUT2D eigenvalue weighted by Gasteiger charge is -2.28. The predicted octanol–water partition coefficient (Wildman–Crippen LogP) is 2.41. The van der Waals surface area contributed by atoms with Crippen LogP contribution in [0.25, 0.3) is 0 Å². The summed E-state index contributed by atoms with van der Waals surface area (Å²) >= 11 is 0. The van der Waals surface area contributed by atoms with Crippen LogP contribution in [0.3, 0.4) is 0 Å². The van der Waals surface area contributed by atoms with E-state index in [4.69, 9.17) is 0 Å². The number of rotatable bonds is 6. The van der Waals surface area contributed by atoms with Crippen molar-refractivity contribution in [3.05, 3.63) is 47.8 Å². The van der Waals surface area contributed by atoms with E-state index < -0.39 is 9.84 Å². The summed E-state index contributed by atoms with van der Waals surface area (Å²) in [5.41, 5.74) is 2.41. The van der Waals surface area contributed by atoms with E-state index in [0.717, 1.165) is 11.6 Å². The third-order valence-corrected chi connectivity index (χ3v) is 6.24. The third kappa shape index (κ3) is 4.48. The maximum absolute atomic E-state index is 11.8. The fraction of sp³-hybridized carbons (Fsp3) is 0.444. The Labute approximate surface area is 149 Å². The molecule has 0 aliphatic carbocycles. The summed E-state index contributed by atoms with van der Waals surface area (Å²) in [6, 6.07) is 10.2. The lowest BCUT2D eigenvalue weighted by molar-refractivity contribution is 0.599. The summed E-state index contributed by atoms with van der Waals surface area (Å²) in [7, 11) is -2.92. The Morgan fingerprint density at radius 3 is 2.80 bits per heavy atom. The molecule has 1 saturated heterocycles. The summed E-state index contributed by atoms with van der Waals surface area (Å²) in [5, 5.41) is 3.32. The summed E-state index contributed by atoms with van der Waals surface area (Å²) < 4.78 is 23.5. The number of hydrogen-bond acceptors (Lipinski definition) is 6. The second-order valence-corrected chi connectivity index (χ2v) is 8.68. The molecule has 0 radical (unpaired) electrons. The first kappa shape index (κ1) is 17.7. The minimum atomic E-state index is -2.92. The minimum absolute atomic E-state index is 0.00507. The molecule has 1 unspecified atom stereocenters. The molecule has 1 fully saturated rings. The number of sulfone groups is 1. The van der Waals surface area contributed by atoms with Gasteiger partial charge in [0, 0.05) is 25.2 Å². The van der Waals surface area contributed by atoms with Crippen LogP contribution >= 0.6 is 0 Å². The number of anilines is 2. The number of benzene rings is 1. The normalized spacial score (nSPS) is 18.9. The second-order valence-electron chi connectivity index (χ2n) is 6.45. The topological polar surface area (TPSA) is 75.2 Å². The Morgan fingerprint density at radius 2 is 2.12 bits per heavy atom. The highest BCUT2D eigenvalue weighted by Crippen LogP contribution is 2.24. The van der Waals surface area contributed by atoms with Gasteiger partial charge in [0.2, 0.25) is 0 Å². The van der Waals surface area contributed by atoms with Gasteiger partial charge < -0.3 is 10.2 Å². The fourth-order valence-electron chi connectivity index (χ4n) is 3.24. The molecule has 0 saturated carbocycles. The largest absolute Gasteiger partial charge is 0.366 e. The van der Waals surface area contributed by atoms with Crippen molar-refractivity contribution in [1.82, 2.24) is 9.97 Å². The monoisotopic (exact) mass is 360 g/mol. The van der Waals surface area contributed by atoms with E-state index in [1.54, 1.807) is 0 Å². The highest BCUT2D eigenvalue weighted by Gasteiger charge is 2.32. The van der Waals surface area contributed by atoms with Gasteiger partial charge in [0.05, 0.1) is 11.5 Å². The van der Waals surface area contributed by atoms with Gasteiger partial charge in [-0.3, -0.25) is 0 Å². The van der Waals surface area contributed by atoms with Crippen molar-refractivity contribution in [2.24, 2.45) is 0 Å². The Kier molecular flexibility index (Phi) is 5.22. The minimum Gasteiger partial charge on any atom is -0.366 e. The molecule has 1 aliphatic heterocycles. The number of aryl methyl sites for hydroxylation is 1. The molecule has 1 aromatic carbocycles. The van der Waals surface area contributed by atoms with Crippen LogP contribution in [0.2, 0.25) is 0 Å². The van der Waals surface area contributed by atoms with Crippen molar-refractivity contribution >= 4 is 21.5 Å². The van der Waals surface area contributed by atoms with E-state index in [2.05, 4.69) is 45.3 Å². The van der Waals surface area contributed by atoms with Gasteiger partial charge >= 0.3 is 0 Å². The lowest BCUT2D eigenvalue weighted by atomic mass is 10.1. The zero-order valence-corrected chi connectivity index (χ0v) is 15.5. The first-order valence-corrected chi connectivity index (χ1v) is 10.4. The summed E-state index contributed by atoms with van der Waals surface area (Å²) in [6.07, 6.45) is 2.19. The molecular weight excluding hydrogens is 336 g/mol. The molecule has 2 heterocycles. The molecule has 134 valence electrons. The van der Waals surface area contributed by atoms with Crippen molar-refractivity contribution in [3.63, 3.8) is 0 Å². The van der Waals surface area contributed by atoms with E-state index in [1.807, 2.05) is 19.1 Å². The van der Waals surface area contributed by atoms with E-state index in [1.165, 1.54) is 17.5 Å². The average Bonchev–Trinajstić information content (AvgIpc) is 2.94. The van der Waals surface area contributed by atoms with Crippen molar-refractivity contribution in [3.8, 4) is 0 Å². The standard InChI is InChI=1S/C18H24N4O2S/c1-3-22(16-7-8-25(23,24)12-16)18-10-17(20-13-21-18)19-11-15-6-4-5-14(2)9-15/h4-6,9-10,13,16H,3,7-8,11-12H2,1-2H3,(H,19,20,21). The van der Waals surface area contributed by atoms with Gasteiger partial charge in [0.1, 0.15) is 18.0 Å². The molecule has 0 bridgehead atoms. The molecule has 2 aromatic rings. The highest BCUT2D eigenvalue weighted by molar-refractivity contribution is 7.91. The molecule has 1 aliphatic rings. The quantitative estimate of drug-likeness (QED) is 0.853. The Balaban J connectivity index is 1.71. The van der Waals surface area contributed by atoms with E-state index in [9.17, 15) is 8.42 Å². The average molecular weight is 360 g/mol. The highest BCUT2D eigenvalue weighted by atomic mass is 32.2. The molecule has 7 heteroatoms. The number of hydrogen-bond donors (Lipinski definition) is 1. The van der Waals surface area contributed by atoms with Gasteiger partial charge in [0.25, 0.3) is 0 Å². The van der Waals surface area contributed by atoms with Crippen molar-refractivity contribution < 1.29 is 8.42 Å². The van der Waals surface area contributed by atoms with Gasteiger partial charge in [0.15, 0.2) is 9.84 Å². The van der Waals surface area contributed by atoms with Crippen LogP contribution in [0, 0.1) is 6.92 Å². The van der Waals surface area contributed by atoms with E-state index in [-0.39, 0.29) is 17.5 Å². The molecule has 25 heavy (non-hydrogen) atoms. The number of nitrogens with one attached hydrogen (secondary N) is 1. The molecular formula is C18H24N4O2S. The first-order valence-electron chi connectivity index (χ1n) is 8.55. The Morgan fingerprint density at radius 1 is 1.28 bits per heavy atom. The maximum Gasteiger partial charge on any atom is 0.152 e. The fourth-order valence-corrected chi connectivity index (χ4v) is 4.97. The van der Waals surface area contributed by atoms with Crippen LogP contribution in [0.4, 0.5) is 11.6 Å². The van der Waals surface area contributed by atoms with Crippen molar-refractivity contribution in [2.45, 2.75) is 32.9 Å². The second kappa shape index (κ2) is 7.39. The van der Waals surface area contributed by atoms with Gasteiger partial charge in [-0.2, -0.15) is 0 Å². The summed E-state index contributed by atoms with van der Waals surface area (Å²) in [6.45, 7) is 5.49. The third-order valence-electron chi connectivity index (χ3n) is 4.49. The van der Waals surface area contributed by atoms with Crippen LogP contribution in [0.5, 0.6) is 0 Å². The maximum atomic E-state index is 11.8. The van der Waals surface area contributed by atoms with E-state index >= 15 is 0 Å². The summed E-state index contributed by atoms with van der Waals surface area (Å²) in [5.74, 6) is 1.98. The molecule has 6 nitrogen and oxygen atoms in total. The lowest BCUT2D eigenvalue weighted by Crippen LogP contribution is -2.36. The number of nitrogens with zero attached hydrogens (tertiary/aromatic N) is 3. The Bertz CT molecular complexity index is 838. The molecule has 1 atom stereocenters. The van der Waals surface area contributed by atoms with Crippen molar-refractivity contribution in [2.75, 3.05) is 28.3 Å². The molecule has 3 rings (SSSR count). The predicted molar refractivity (Wildman–Crippen MR) is 101 cm³/mol. The van der Waals surface area contributed by atoms with Gasteiger partial charge in [-0.05, 0) is 25.8 Å². The molecule has 1 N–H and O–H groups in total. The molecule has 0 amide bonds. The van der Waals surface area contributed by atoms with Gasteiger partial charge in [-0.25, -0.2) is 18.4 Å². The first-order chi connectivity index (χ1) is 12.0. The SMILES string of the molecule is CCN(c1cc(NCc2cccc(C)c2)ncn1)C1CCS(=O)(=O)C1. The van der Waals surface area contributed by atoms with E-state index in [0.29, 0.717) is 19.5 Å². The zero-order valence-electron chi connectivity index (χ0n) is 14.6. The van der Waals surface area contributed by atoms with Crippen LogP contribution < -0.4 is 10.2 Å². The zero-order chi connectivity index (χ0) is 17.9. The molecule has 0 spiro atoms. The smallest absolute Gasteiger partial charge is 0.152 e. The molecule has 1 aromatic heterocycles. The van der Waals surface area contributed by atoms with Crippen LogP contribution in [-0.4, -0.2) is 42.5 Å². The van der Waals surface area contributed by atoms with Crippen LogP contribution in [0.15, 0.2) is 36.7 Å². The summed E-state index contributed by atoms with van der Waals surface area (Å²) in [4.78, 5) is 10.7. The number of aromatic nitrogens is 2. The van der Waals surface area contributed by atoms with Gasteiger partial charge in [-0.1, -0.05) is 29.8 Å². The Hall–Kier alpha value is -2.15. The van der Waals surface area contributed by atoms with Crippen molar-refractivity contribution in [1.29, 1.82) is 0 Å². The van der Waals surface area contributed by atoms with Crippen LogP contribution in [-0.2, 0) is 16.4 Å². The van der Waals surface area contributed by atoms with Crippen LogP contribution in [0.1, 0.15) is 24.5 Å². The van der Waals surface area contributed by atoms with Gasteiger partial charge in [-0.15, -0.1) is 0 Å².